The third-order valence-electron chi connectivity index (χ3n) is 13.0. The Morgan fingerprint density at radius 2 is 1.59 bits per heavy atom. The first kappa shape index (κ1) is 24.6. The quantitative estimate of drug-likeness (QED) is 0.295. The van der Waals surface area contributed by atoms with Gasteiger partial charge in [0, 0.05) is 11.8 Å². The molecule has 4 fully saturated rings. The number of ether oxygens (including phenoxy) is 1. The summed E-state index contributed by atoms with van der Waals surface area (Å²) in [5.74, 6) is 1.88. The summed E-state index contributed by atoms with van der Waals surface area (Å²) in [5, 5.41) is 0. The highest BCUT2D eigenvalue weighted by atomic mass is 16.5. The van der Waals surface area contributed by atoms with Gasteiger partial charge in [0.05, 0.1) is 12.5 Å². The van der Waals surface area contributed by atoms with E-state index in [9.17, 15) is 9.59 Å². The lowest BCUT2D eigenvalue weighted by molar-refractivity contribution is -0.190. The van der Waals surface area contributed by atoms with E-state index < -0.39 is 0 Å². The minimum Gasteiger partial charge on any atom is -0.469 e. The molecule has 0 aromatic rings. The Balaban J connectivity index is 1.60. The standard InChI is InChI=1S/C31H48O3/c1-26(2)15-17-31(25(33)34-8)18-16-29(6)20(21(31)19-26)9-10-23-28(5)13-12-24(32)27(3,4)22(28)11-14-30(23,29)7/h9,21-23H,10-19H2,1-8H3/t21?,22-,23+,28-,29+,30+,31?/m0/s1. The van der Waals surface area contributed by atoms with Gasteiger partial charge in [-0.1, -0.05) is 60.1 Å². The number of carbonyl (C=O) groups is 2. The van der Waals surface area contributed by atoms with Crippen molar-refractivity contribution in [2.75, 3.05) is 7.11 Å². The van der Waals surface area contributed by atoms with Gasteiger partial charge in [-0.3, -0.25) is 9.59 Å². The molecule has 34 heavy (non-hydrogen) atoms. The molecule has 0 N–H and O–H groups in total. The Bertz CT molecular complexity index is 942. The number of hydrogen-bond donors (Lipinski definition) is 0. The molecule has 0 aromatic heterocycles. The SMILES string of the molecule is COC(=O)C12CCC(C)(C)CC1C1=CC[C@@H]3[C@@]4(C)CCC(=O)C(C)(C)[C@@H]4CC[C@@]3(C)[C@]1(C)CC2. The van der Waals surface area contributed by atoms with Crippen LogP contribution >= 0.6 is 0 Å². The van der Waals surface area contributed by atoms with Gasteiger partial charge in [-0.2, -0.15) is 0 Å². The van der Waals surface area contributed by atoms with Crippen molar-refractivity contribution in [3.8, 4) is 0 Å². The van der Waals surface area contributed by atoms with Crippen LogP contribution in [0.5, 0.6) is 0 Å². The van der Waals surface area contributed by atoms with Crippen molar-refractivity contribution in [2.45, 2.75) is 113 Å². The molecule has 2 unspecified atom stereocenters. The number of rotatable bonds is 1. The van der Waals surface area contributed by atoms with Gasteiger partial charge in [0.1, 0.15) is 5.78 Å². The summed E-state index contributed by atoms with van der Waals surface area (Å²) in [7, 11) is 1.59. The molecule has 5 aliphatic carbocycles. The highest BCUT2D eigenvalue weighted by Gasteiger charge is 2.69. The molecule has 4 saturated carbocycles. The van der Waals surface area contributed by atoms with Gasteiger partial charge in [-0.15, -0.1) is 0 Å². The average Bonchev–Trinajstić information content (AvgIpc) is 2.76. The summed E-state index contributed by atoms with van der Waals surface area (Å²) in [4.78, 5) is 26.3. The predicted octanol–water partition coefficient (Wildman–Crippen LogP) is 7.53. The zero-order valence-corrected chi connectivity index (χ0v) is 23.1. The monoisotopic (exact) mass is 468 g/mol. The molecule has 0 heterocycles. The van der Waals surface area contributed by atoms with Crippen molar-refractivity contribution in [1.29, 1.82) is 0 Å². The molecular weight excluding hydrogens is 420 g/mol. The van der Waals surface area contributed by atoms with E-state index in [0.717, 1.165) is 57.8 Å². The van der Waals surface area contributed by atoms with Gasteiger partial charge in [-0.25, -0.2) is 0 Å². The minimum absolute atomic E-state index is 0.0337. The maximum absolute atomic E-state index is 13.3. The van der Waals surface area contributed by atoms with Crippen LogP contribution in [0.15, 0.2) is 11.6 Å². The van der Waals surface area contributed by atoms with Gasteiger partial charge >= 0.3 is 5.97 Å². The van der Waals surface area contributed by atoms with Crippen molar-refractivity contribution < 1.29 is 14.3 Å². The smallest absolute Gasteiger partial charge is 0.312 e. The summed E-state index contributed by atoms with van der Waals surface area (Å²) < 4.78 is 5.48. The van der Waals surface area contributed by atoms with Gasteiger partial charge in [0.2, 0.25) is 0 Å². The van der Waals surface area contributed by atoms with Gasteiger partial charge in [-0.05, 0) is 97.2 Å². The number of allylic oxidation sites excluding steroid dienone is 2. The number of Topliss-reactive ketones (excluding diaryl/α,β-unsaturated/α-hetero) is 1. The number of ketones is 1. The number of esters is 1. The topological polar surface area (TPSA) is 43.4 Å². The van der Waals surface area contributed by atoms with Crippen LogP contribution < -0.4 is 0 Å². The van der Waals surface area contributed by atoms with E-state index in [1.165, 1.54) is 6.42 Å². The molecule has 0 aromatic carbocycles. The Morgan fingerprint density at radius 1 is 0.912 bits per heavy atom. The first-order valence-electron chi connectivity index (χ1n) is 14.0. The second-order valence-electron chi connectivity index (χ2n) is 15.0. The third-order valence-corrected chi connectivity index (χ3v) is 13.0. The molecule has 5 aliphatic rings. The van der Waals surface area contributed by atoms with Crippen LogP contribution in [0, 0.1) is 50.2 Å². The van der Waals surface area contributed by atoms with Crippen molar-refractivity contribution in [1.82, 2.24) is 0 Å². The first-order chi connectivity index (χ1) is 15.7. The van der Waals surface area contributed by atoms with Crippen LogP contribution in [0.1, 0.15) is 113 Å². The zero-order valence-electron chi connectivity index (χ0n) is 23.1. The van der Waals surface area contributed by atoms with E-state index in [0.29, 0.717) is 23.5 Å². The van der Waals surface area contributed by atoms with Crippen LogP contribution in [0.4, 0.5) is 0 Å². The molecule has 0 aliphatic heterocycles. The van der Waals surface area contributed by atoms with E-state index in [2.05, 4.69) is 54.5 Å². The third kappa shape index (κ3) is 2.88. The lowest BCUT2D eigenvalue weighted by atomic mass is 9.33. The number of hydrogen-bond acceptors (Lipinski definition) is 3. The van der Waals surface area contributed by atoms with Crippen LogP contribution in [-0.2, 0) is 14.3 Å². The van der Waals surface area contributed by atoms with Gasteiger partial charge in [0.15, 0.2) is 0 Å². The van der Waals surface area contributed by atoms with Gasteiger partial charge in [0.25, 0.3) is 0 Å². The maximum Gasteiger partial charge on any atom is 0.312 e. The van der Waals surface area contributed by atoms with Crippen LogP contribution in [-0.4, -0.2) is 18.9 Å². The molecule has 3 nitrogen and oxygen atoms in total. The Hall–Kier alpha value is -1.12. The molecule has 5 rings (SSSR count). The van der Waals surface area contributed by atoms with E-state index in [-0.39, 0.29) is 38.5 Å². The molecule has 7 atom stereocenters. The second-order valence-corrected chi connectivity index (χ2v) is 15.0. The van der Waals surface area contributed by atoms with E-state index in [1.54, 1.807) is 12.7 Å². The molecule has 190 valence electrons. The summed E-state index contributed by atoms with van der Waals surface area (Å²) in [6.45, 7) is 16.9. The summed E-state index contributed by atoms with van der Waals surface area (Å²) in [5.41, 5.74) is 1.84. The van der Waals surface area contributed by atoms with E-state index in [4.69, 9.17) is 4.74 Å². The molecule has 0 spiro atoms. The molecule has 0 saturated heterocycles. The van der Waals surface area contributed by atoms with Crippen LogP contribution in [0.2, 0.25) is 0 Å². The van der Waals surface area contributed by atoms with Crippen molar-refractivity contribution in [3.63, 3.8) is 0 Å². The normalized spacial score (nSPS) is 49.0. The molecule has 0 bridgehead atoms. The Morgan fingerprint density at radius 3 is 2.26 bits per heavy atom. The highest BCUT2D eigenvalue weighted by molar-refractivity contribution is 5.85. The van der Waals surface area contributed by atoms with E-state index >= 15 is 0 Å². The van der Waals surface area contributed by atoms with Crippen molar-refractivity contribution >= 4 is 11.8 Å². The summed E-state index contributed by atoms with van der Waals surface area (Å²) >= 11 is 0. The second kappa shape index (κ2) is 7.22. The average molecular weight is 469 g/mol. The highest BCUT2D eigenvalue weighted by Crippen LogP contribution is 2.75. The fourth-order valence-electron chi connectivity index (χ4n) is 10.6. The Kier molecular flexibility index (Phi) is 5.22. The van der Waals surface area contributed by atoms with Gasteiger partial charge < -0.3 is 4.74 Å². The predicted molar refractivity (Wildman–Crippen MR) is 136 cm³/mol. The summed E-state index contributed by atoms with van der Waals surface area (Å²) in [6, 6.07) is 0. The molecule has 0 radical (unpaired) electrons. The lowest BCUT2D eigenvalue weighted by Crippen LogP contribution is -2.64. The largest absolute Gasteiger partial charge is 0.469 e. The lowest BCUT2D eigenvalue weighted by Gasteiger charge is -2.70. The van der Waals surface area contributed by atoms with Crippen LogP contribution in [0.25, 0.3) is 0 Å². The first-order valence-corrected chi connectivity index (χ1v) is 14.0. The zero-order chi connectivity index (χ0) is 24.9. The van der Waals surface area contributed by atoms with Crippen molar-refractivity contribution in [3.05, 3.63) is 11.6 Å². The molecule has 0 amide bonds. The number of methoxy groups -OCH3 is 1. The van der Waals surface area contributed by atoms with Crippen LogP contribution in [0.3, 0.4) is 0 Å². The summed E-state index contributed by atoms with van der Waals surface area (Å²) in [6.07, 6.45) is 13.0. The van der Waals surface area contributed by atoms with E-state index in [1.807, 2.05) is 0 Å². The number of fused-ring (bicyclic) bond motifs is 7. The molecular formula is C31H48O3. The fraction of sp³-hybridized carbons (Fsp3) is 0.871. The fourth-order valence-corrected chi connectivity index (χ4v) is 10.6. The number of carbonyl (C=O) groups excluding carboxylic acids is 2. The van der Waals surface area contributed by atoms with Crippen molar-refractivity contribution in [2.24, 2.45) is 50.2 Å². The minimum atomic E-state index is -0.334. The Labute approximate surface area is 207 Å². The maximum atomic E-state index is 13.3. The molecule has 3 heteroatoms.